The molecular weight excluding hydrogens is 430 g/mol. The van der Waals surface area contributed by atoms with Crippen LogP contribution >= 0.6 is 11.8 Å². The fourth-order valence-electron chi connectivity index (χ4n) is 3.22. The summed E-state index contributed by atoms with van der Waals surface area (Å²) in [7, 11) is 0. The molecule has 1 aliphatic heterocycles. The van der Waals surface area contributed by atoms with Crippen molar-refractivity contribution in [2.75, 3.05) is 12.1 Å². The highest BCUT2D eigenvalue weighted by molar-refractivity contribution is 8.00. The zero-order valence-corrected chi connectivity index (χ0v) is 17.9. The summed E-state index contributed by atoms with van der Waals surface area (Å²) < 4.78 is 18.1. The Bertz CT molecular complexity index is 1230. The zero-order valence-electron chi connectivity index (χ0n) is 17.1. The van der Waals surface area contributed by atoms with Gasteiger partial charge in [0.15, 0.2) is 22.5 Å². The van der Waals surface area contributed by atoms with Crippen molar-refractivity contribution in [3.05, 3.63) is 66.9 Å². The second-order valence-electron chi connectivity index (χ2n) is 7.03. The van der Waals surface area contributed by atoms with Crippen molar-refractivity contribution in [1.82, 2.24) is 19.7 Å². The van der Waals surface area contributed by atoms with Crippen LogP contribution in [0.4, 0.5) is 5.69 Å². The summed E-state index contributed by atoms with van der Waals surface area (Å²) >= 11 is 1.32. The van der Waals surface area contributed by atoms with Gasteiger partial charge in [-0.3, -0.25) is 14.3 Å². The van der Waals surface area contributed by atoms with E-state index in [0.29, 0.717) is 34.7 Å². The molecule has 0 fully saturated rings. The standard InChI is InChI=1S/C22H19N5O4S/c1-14(21(28)24-16-6-7-18-19(10-16)31-13-30-18)32-22-26-25-20(15-4-2-8-23-11-15)27(22)12-17-5-3-9-29-17/h2-11,14H,12-13H2,1H3,(H,24,28)/t14-/m1/s1. The third-order valence-corrected chi connectivity index (χ3v) is 5.90. The first-order valence-electron chi connectivity index (χ1n) is 9.90. The van der Waals surface area contributed by atoms with E-state index >= 15 is 0 Å². The van der Waals surface area contributed by atoms with Gasteiger partial charge in [-0.15, -0.1) is 10.2 Å². The lowest BCUT2D eigenvalue weighted by Gasteiger charge is -2.13. The maximum atomic E-state index is 12.8. The van der Waals surface area contributed by atoms with Crippen molar-refractivity contribution in [3.8, 4) is 22.9 Å². The van der Waals surface area contributed by atoms with Crippen LogP contribution in [-0.4, -0.2) is 37.7 Å². The van der Waals surface area contributed by atoms with E-state index < -0.39 is 5.25 Å². The number of pyridine rings is 1. The molecule has 0 saturated heterocycles. The van der Waals surface area contributed by atoms with Gasteiger partial charge in [-0.05, 0) is 43.3 Å². The average Bonchev–Trinajstić information content (AvgIpc) is 3.56. The molecule has 1 aromatic carbocycles. The number of hydrogen-bond acceptors (Lipinski definition) is 8. The van der Waals surface area contributed by atoms with Crippen molar-refractivity contribution >= 4 is 23.4 Å². The number of anilines is 1. The largest absolute Gasteiger partial charge is 0.467 e. The molecule has 9 nitrogen and oxygen atoms in total. The van der Waals surface area contributed by atoms with Gasteiger partial charge in [0.2, 0.25) is 12.7 Å². The Hall–Kier alpha value is -3.79. The Morgan fingerprint density at radius 3 is 2.91 bits per heavy atom. The molecule has 1 atom stereocenters. The maximum absolute atomic E-state index is 12.8. The molecule has 3 aromatic heterocycles. The van der Waals surface area contributed by atoms with E-state index in [1.165, 1.54) is 11.8 Å². The van der Waals surface area contributed by atoms with E-state index in [4.69, 9.17) is 13.9 Å². The van der Waals surface area contributed by atoms with Crippen molar-refractivity contribution in [1.29, 1.82) is 0 Å². The lowest BCUT2D eigenvalue weighted by atomic mass is 10.2. The number of hydrogen-bond donors (Lipinski definition) is 1. The third-order valence-electron chi connectivity index (χ3n) is 4.82. The summed E-state index contributed by atoms with van der Waals surface area (Å²) in [5.41, 5.74) is 1.47. The molecule has 0 saturated carbocycles. The van der Waals surface area contributed by atoms with Crippen LogP contribution in [0.15, 0.2) is 70.7 Å². The van der Waals surface area contributed by atoms with E-state index in [-0.39, 0.29) is 12.7 Å². The van der Waals surface area contributed by atoms with Crippen LogP contribution in [0.5, 0.6) is 11.5 Å². The van der Waals surface area contributed by atoms with Crippen molar-refractivity contribution in [2.24, 2.45) is 0 Å². The second kappa shape index (κ2) is 8.75. The molecule has 4 aromatic rings. The fraction of sp³-hybridized carbons (Fsp3) is 0.182. The van der Waals surface area contributed by atoms with Crippen LogP contribution in [0, 0.1) is 0 Å². The highest BCUT2D eigenvalue weighted by Crippen LogP contribution is 2.34. The molecule has 32 heavy (non-hydrogen) atoms. The minimum atomic E-state index is -0.429. The molecule has 0 bridgehead atoms. The van der Waals surface area contributed by atoms with Gasteiger partial charge in [-0.25, -0.2) is 0 Å². The summed E-state index contributed by atoms with van der Waals surface area (Å²) in [6.07, 6.45) is 5.06. The van der Waals surface area contributed by atoms with Gasteiger partial charge in [-0.1, -0.05) is 11.8 Å². The van der Waals surface area contributed by atoms with Crippen LogP contribution in [0.3, 0.4) is 0 Å². The molecule has 1 amide bonds. The van der Waals surface area contributed by atoms with Gasteiger partial charge >= 0.3 is 0 Å². The van der Waals surface area contributed by atoms with Crippen LogP contribution in [-0.2, 0) is 11.3 Å². The molecule has 5 rings (SSSR count). The number of carbonyl (C=O) groups excluding carboxylic acids is 1. The molecule has 4 heterocycles. The summed E-state index contributed by atoms with van der Waals surface area (Å²) in [4.78, 5) is 17.0. The second-order valence-corrected chi connectivity index (χ2v) is 8.34. The maximum Gasteiger partial charge on any atom is 0.237 e. The molecule has 1 N–H and O–H groups in total. The average molecular weight is 449 g/mol. The normalized spacial score (nSPS) is 13.2. The van der Waals surface area contributed by atoms with E-state index in [0.717, 1.165) is 11.3 Å². The van der Waals surface area contributed by atoms with E-state index in [9.17, 15) is 4.79 Å². The number of nitrogens with zero attached hydrogens (tertiary/aromatic N) is 4. The van der Waals surface area contributed by atoms with E-state index in [2.05, 4.69) is 20.5 Å². The quantitative estimate of drug-likeness (QED) is 0.425. The molecule has 0 radical (unpaired) electrons. The van der Waals surface area contributed by atoms with Gasteiger partial charge in [0.1, 0.15) is 5.76 Å². The fourth-order valence-corrected chi connectivity index (χ4v) is 4.06. The number of furan rings is 1. The van der Waals surface area contributed by atoms with Gasteiger partial charge < -0.3 is 19.2 Å². The molecule has 0 aliphatic carbocycles. The lowest BCUT2D eigenvalue weighted by Crippen LogP contribution is -2.23. The minimum absolute atomic E-state index is 0.163. The van der Waals surface area contributed by atoms with Gasteiger partial charge in [0.05, 0.1) is 18.1 Å². The number of aromatic nitrogens is 4. The van der Waals surface area contributed by atoms with Crippen LogP contribution < -0.4 is 14.8 Å². The van der Waals surface area contributed by atoms with E-state index in [1.807, 2.05) is 35.8 Å². The van der Waals surface area contributed by atoms with Gasteiger partial charge in [0.25, 0.3) is 0 Å². The van der Waals surface area contributed by atoms with Crippen LogP contribution in [0.2, 0.25) is 0 Å². The highest BCUT2D eigenvalue weighted by Gasteiger charge is 2.22. The summed E-state index contributed by atoms with van der Waals surface area (Å²) in [6, 6.07) is 12.8. The van der Waals surface area contributed by atoms with Gasteiger partial charge in [-0.2, -0.15) is 0 Å². The molecule has 162 valence electrons. The van der Waals surface area contributed by atoms with Crippen LogP contribution in [0.1, 0.15) is 12.7 Å². The summed E-state index contributed by atoms with van der Waals surface area (Å²) in [5.74, 6) is 2.53. The number of nitrogens with one attached hydrogen (secondary N) is 1. The zero-order chi connectivity index (χ0) is 21.9. The van der Waals surface area contributed by atoms with Crippen molar-refractivity contribution in [3.63, 3.8) is 0 Å². The van der Waals surface area contributed by atoms with E-state index in [1.54, 1.807) is 36.9 Å². The Balaban J connectivity index is 1.35. The van der Waals surface area contributed by atoms with Crippen LogP contribution in [0.25, 0.3) is 11.4 Å². The monoisotopic (exact) mass is 449 g/mol. The SMILES string of the molecule is C[C@@H](Sc1nnc(-c2cccnc2)n1Cc1ccco1)C(=O)Nc1ccc2c(c1)OCO2. The Morgan fingerprint density at radius 2 is 2.09 bits per heavy atom. The Kier molecular flexibility index (Phi) is 5.51. The molecule has 10 heteroatoms. The molecule has 1 aliphatic rings. The predicted octanol–water partition coefficient (Wildman–Crippen LogP) is 3.83. The first-order chi connectivity index (χ1) is 15.7. The smallest absolute Gasteiger partial charge is 0.237 e. The summed E-state index contributed by atoms with van der Waals surface area (Å²) in [6.45, 7) is 2.44. The predicted molar refractivity (Wildman–Crippen MR) is 118 cm³/mol. The first kappa shape index (κ1) is 20.1. The number of ether oxygens (including phenoxy) is 2. The topological polar surface area (TPSA) is 104 Å². The number of benzene rings is 1. The van der Waals surface area contributed by atoms with Crippen molar-refractivity contribution in [2.45, 2.75) is 23.9 Å². The van der Waals surface area contributed by atoms with Crippen molar-refractivity contribution < 1.29 is 18.7 Å². The molecule has 0 spiro atoms. The Labute approximate surface area is 187 Å². The van der Waals surface area contributed by atoms with Gasteiger partial charge in [0, 0.05) is 29.7 Å². The number of rotatable bonds is 7. The Morgan fingerprint density at radius 1 is 1.19 bits per heavy atom. The summed E-state index contributed by atoms with van der Waals surface area (Å²) in [5, 5.41) is 11.8. The number of amides is 1. The highest BCUT2D eigenvalue weighted by atomic mass is 32.2. The minimum Gasteiger partial charge on any atom is -0.467 e. The first-order valence-corrected chi connectivity index (χ1v) is 10.8. The number of carbonyl (C=O) groups is 1. The molecular formula is C22H19N5O4S. The lowest BCUT2D eigenvalue weighted by molar-refractivity contribution is -0.115. The molecule has 0 unspecified atom stereocenters. The number of thioether (sulfide) groups is 1. The third kappa shape index (κ3) is 4.17. The number of fused-ring (bicyclic) bond motifs is 1.